The molecule has 0 aliphatic carbocycles. The first kappa shape index (κ1) is 25.4. The van der Waals surface area contributed by atoms with Gasteiger partial charge in [-0.1, -0.05) is 12.1 Å². The van der Waals surface area contributed by atoms with Crippen molar-refractivity contribution in [3.8, 4) is 11.4 Å². The van der Waals surface area contributed by atoms with Crippen LogP contribution in [0.4, 0.5) is 27.6 Å². The number of carbonyl (C=O) groups is 2. The Kier molecular flexibility index (Phi) is 6.67. The first-order chi connectivity index (χ1) is 16.2. The topological polar surface area (TPSA) is 115 Å². The van der Waals surface area contributed by atoms with Gasteiger partial charge in [-0.15, -0.1) is 5.10 Å². The number of hydrogen-bond acceptors (Lipinski definition) is 5. The summed E-state index contributed by atoms with van der Waals surface area (Å²) in [6, 6.07) is 4.92. The van der Waals surface area contributed by atoms with Crippen molar-refractivity contribution < 1.29 is 41.4 Å². The summed E-state index contributed by atoms with van der Waals surface area (Å²) in [6.45, 7) is 2.08. The van der Waals surface area contributed by atoms with Gasteiger partial charge < -0.3 is 15.2 Å². The van der Waals surface area contributed by atoms with Gasteiger partial charge in [0.05, 0.1) is 11.3 Å². The number of aromatic nitrogens is 3. The number of aryl methyl sites for hydroxylation is 1. The van der Waals surface area contributed by atoms with E-state index in [0.717, 1.165) is 13.1 Å². The van der Waals surface area contributed by atoms with Crippen molar-refractivity contribution in [3.05, 3.63) is 69.4 Å². The Morgan fingerprint density at radius 2 is 1.83 bits per heavy atom. The number of nitrogens with zero attached hydrogens (tertiary/aromatic N) is 3. The van der Waals surface area contributed by atoms with Crippen molar-refractivity contribution in [1.82, 2.24) is 14.3 Å². The fourth-order valence-electron chi connectivity index (χ4n) is 2.99. The number of ether oxygens (including phenoxy) is 1. The van der Waals surface area contributed by atoms with Crippen LogP contribution in [0.25, 0.3) is 5.69 Å². The number of carboxylic acids is 1. The molecular formula is C21H17F5N4O5. The number of hydrogen-bond donors (Lipinski definition) is 2. The van der Waals surface area contributed by atoms with Gasteiger partial charge in [0.15, 0.2) is 6.10 Å². The minimum absolute atomic E-state index is 0.280. The van der Waals surface area contributed by atoms with Gasteiger partial charge in [0, 0.05) is 13.1 Å². The van der Waals surface area contributed by atoms with Gasteiger partial charge in [0.1, 0.15) is 23.1 Å². The van der Waals surface area contributed by atoms with Crippen LogP contribution in [0.15, 0.2) is 35.1 Å². The van der Waals surface area contributed by atoms with Crippen LogP contribution in [-0.4, -0.2) is 43.6 Å². The van der Waals surface area contributed by atoms with Gasteiger partial charge in [-0.05, 0) is 31.5 Å². The summed E-state index contributed by atoms with van der Waals surface area (Å²) in [5, 5.41) is 14.8. The molecule has 3 rings (SSSR count). The number of nitrogens with one attached hydrogen (secondary N) is 1. The summed E-state index contributed by atoms with van der Waals surface area (Å²) in [7, 11) is 1.04. The maximum atomic E-state index is 15.0. The van der Waals surface area contributed by atoms with Crippen LogP contribution < -0.4 is 15.7 Å². The molecule has 35 heavy (non-hydrogen) atoms. The molecule has 0 radical (unpaired) electrons. The molecule has 1 atom stereocenters. The molecule has 2 aromatic carbocycles. The van der Waals surface area contributed by atoms with Crippen molar-refractivity contribution in [1.29, 1.82) is 0 Å². The lowest BCUT2D eigenvalue weighted by molar-refractivity contribution is -0.189. The molecule has 2 N–H and O–H groups in total. The Morgan fingerprint density at radius 3 is 2.37 bits per heavy atom. The zero-order valence-corrected chi connectivity index (χ0v) is 18.3. The molecule has 0 bridgehead atoms. The Bertz CT molecular complexity index is 1360. The second-order valence-electron chi connectivity index (χ2n) is 7.37. The number of alkyl halides is 3. The minimum atomic E-state index is -4.89. The maximum Gasteiger partial charge on any atom is 0.425 e. The summed E-state index contributed by atoms with van der Waals surface area (Å²) in [5.74, 6) is -6.58. The molecule has 1 aromatic heterocycles. The highest BCUT2D eigenvalue weighted by molar-refractivity contribution is 6.06. The van der Waals surface area contributed by atoms with Gasteiger partial charge in [-0.3, -0.25) is 9.36 Å². The second-order valence-corrected chi connectivity index (χ2v) is 7.37. The number of anilines is 1. The van der Waals surface area contributed by atoms with E-state index in [1.807, 2.05) is 0 Å². The van der Waals surface area contributed by atoms with Crippen LogP contribution in [0.2, 0.25) is 0 Å². The van der Waals surface area contributed by atoms with Crippen LogP contribution in [0, 0.1) is 18.6 Å². The number of aromatic carboxylic acids is 1. The SMILES string of the molecule is Cc1cccc(F)c1NC(=O)c1cc(F)c(-n2nc(C(=O)O)n(C)c2=O)cc1O[C@@H](C)C(F)(F)F. The van der Waals surface area contributed by atoms with E-state index in [9.17, 15) is 36.3 Å². The fraction of sp³-hybridized carbons (Fsp3) is 0.238. The van der Waals surface area contributed by atoms with Crippen LogP contribution >= 0.6 is 0 Å². The van der Waals surface area contributed by atoms with Crippen LogP contribution in [0.1, 0.15) is 33.5 Å². The molecule has 1 amide bonds. The highest BCUT2D eigenvalue weighted by atomic mass is 19.4. The quantitative estimate of drug-likeness (QED) is 0.501. The molecule has 0 saturated heterocycles. The Balaban J connectivity index is 2.17. The average Bonchev–Trinajstić information content (AvgIpc) is 3.05. The normalized spacial score (nSPS) is 12.3. The number of amides is 1. The van der Waals surface area contributed by atoms with Crippen LogP contribution in [0.5, 0.6) is 5.75 Å². The monoisotopic (exact) mass is 500 g/mol. The van der Waals surface area contributed by atoms with E-state index >= 15 is 0 Å². The number of rotatable bonds is 6. The minimum Gasteiger partial charge on any atom is -0.480 e. The van der Waals surface area contributed by atoms with Crippen molar-refractivity contribution >= 4 is 17.6 Å². The van der Waals surface area contributed by atoms with E-state index in [-0.39, 0.29) is 11.3 Å². The molecule has 186 valence electrons. The molecule has 0 fully saturated rings. The van der Waals surface area contributed by atoms with E-state index in [1.165, 1.54) is 19.1 Å². The predicted molar refractivity (Wildman–Crippen MR) is 111 cm³/mol. The van der Waals surface area contributed by atoms with E-state index < -0.39 is 64.3 Å². The zero-order chi connectivity index (χ0) is 26.2. The van der Waals surface area contributed by atoms with E-state index in [1.54, 1.807) is 0 Å². The third-order valence-electron chi connectivity index (χ3n) is 4.92. The number of halogens is 5. The summed E-state index contributed by atoms with van der Waals surface area (Å²) in [5.41, 5.74) is -2.66. The number of carboxylic acid groups (broad SMARTS) is 1. The van der Waals surface area contributed by atoms with Crippen molar-refractivity contribution in [2.75, 3.05) is 5.32 Å². The molecule has 3 aromatic rings. The Hall–Kier alpha value is -4.23. The van der Waals surface area contributed by atoms with E-state index in [4.69, 9.17) is 9.84 Å². The maximum absolute atomic E-state index is 15.0. The van der Waals surface area contributed by atoms with Crippen molar-refractivity contribution in [2.24, 2.45) is 7.05 Å². The fourth-order valence-corrected chi connectivity index (χ4v) is 2.99. The average molecular weight is 500 g/mol. The lowest BCUT2D eigenvalue weighted by atomic mass is 10.1. The van der Waals surface area contributed by atoms with Gasteiger partial charge in [-0.25, -0.2) is 18.4 Å². The molecule has 0 aliphatic heterocycles. The summed E-state index contributed by atoms with van der Waals surface area (Å²) >= 11 is 0. The molecule has 14 heteroatoms. The standard InChI is InChI=1S/C21H17F5N4O5/c1-9-5-4-6-12(22)16(9)27-18(31)11-7-13(23)14(8-15(11)35-10(2)21(24,25)26)30-20(34)29(3)17(28-30)19(32)33/h4-8,10H,1-3H3,(H,27,31)(H,32,33)/t10-/m0/s1. The van der Waals surface area contributed by atoms with Crippen molar-refractivity contribution in [3.63, 3.8) is 0 Å². The lowest BCUT2D eigenvalue weighted by Crippen LogP contribution is -2.32. The molecular weight excluding hydrogens is 483 g/mol. The smallest absolute Gasteiger partial charge is 0.425 e. The molecule has 0 spiro atoms. The summed E-state index contributed by atoms with van der Waals surface area (Å²) < 4.78 is 74.3. The Morgan fingerprint density at radius 1 is 1.17 bits per heavy atom. The van der Waals surface area contributed by atoms with Crippen LogP contribution in [0.3, 0.4) is 0 Å². The number of para-hydroxylation sites is 1. The summed E-state index contributed by atoms with van der Waals surface area (Å²) in [4.78, 5) is 36.4. The number of benzene rings is 2. The van der Waals surface area contributed by atoms with Crippen molar-refractivity contribution in [2.45, 2.75) is 26.1 Å². The van der Waals surface area contributed by atoms with E-state index in [2.05, 4.69) is 10.4 Å². The molecule has 0 aliphatic rings. The number of carbonyl (C=O) groups excluding carboxylic acids is 1. The molecule has 0 saturated carbocycles. The predicted octanol–water partition coefficient (Wildman–Crippen LogP) is 3.44. The lowest BCUT2D eigenvalue weighted by Gasteiger charge is -2.20. The molecule has 9 nitrogen and oxygen atoms in total. The highest BCUT2D eigenvalue weighted by Gasteiger charge is 2.39. The Labute approximate surface area is 193 Å². The first-order valence-corrected chi connectivity index (χ1v) is 9.75. The van der Waals surface area contributed by atoms with Gasteiger partial charge in [-0.2, -0.15) is 17.9 Å². The van der Waals surface area contributed by atoms with E-state index in [0.29, 0.717) is 28.3 Å². The van der Waals surface area contributed by atoms with Gasteiger partial charge in [0.25, 0.3) is 5.91 Å². The largest absolute Gasteiger partial charge is 0.480 e. The van der Waals surface area contributed by atoms with Gasteiger partial charge >= 0.3 is 17.8 Å². The molecule has 0 unspecified atom stereocenters. The van der Waals surface area contributed by atoms with Crippen LogP contribution in [-0.2, 0) is 7.05 Å². The second kappa shape index (κ2) is 9.19. The third-order valence-corrected chi connectivity index (χ3v) is 4.92. The molecule has 1 heterocycles. The first-order valence-electron chi connectivity index (χ1n) is 9.75. The third kappa shape index (κ3) is 5.00. The summed E-state index contributed by atoms with van der Waals surface area (Å²) in [6.07, 6.45) is -7.36. The highest BCUT2D eigenvalue weighted by Crippen LogP contribution is 2.31. The van der Waals surface area contributed by atoms with Gasteiger partial charge in [0.2, 0.25) is 5.82 Å². The zero-order valence-electron chi connectivity index (χ0n) is 18.3.